The van der Waals surface area contributed by atoms with E-state index in [0.717, 1.165) is 16.7 Å². The maximum Gasteiger partial charge on any atom is 0.251 e. The van der Waals surface area contributed by atoms with Crippen molar-refractivity contribution in [1.29, 1.82) is 0 Å². The number of ether oxygens (including phenoxy) is 1. The van der Waals surface area contributed by atoms with Gasteiger partial charge in [-0.3, -0.25) is 4.79 Å². The predicted octanol–water partition coefficient (Wildman–Crippen LogP) is 2.46. The quantitative estimate of drug-likeness (QED) is 0.637. The predicted molar refractivity (Wildman–Crippen MR) is 109 cm³/mol. The number of benzene rings is 2. The molecule has 0 spiro atoms. The molecule has 0 aliphatic rings. The van der Waals surface area contributed by atoms with E-state index in [1.165, 1.54) is 0 Å². The number of amides is 1. The molecule has 0 aliphatic carbocycles. The molecule has 1 aromatic heterocycles. The zero-order chi connectivity index (χ0) is 21.0. The van der Waals surface area contributed by atoms with Crippen molar-refractivity contribution in [3.05, 3.63) is 59.4 Å². The lowest BCUT2D eigenvalue weighted by atomic mass is 10.0. The number of aryl methyl sites for hydroxylation is 1. The van der Waals surface area contributed by atoms with Gasteiger partial charge in [0.1, 0.15) is 6.10 Å². The number of methoxy groups -OCH3 is 1. The van der Waals surface area contributed by atoms with Gasteiger partial charge in [0.2, 0.25) is 0 Å². The summed E-state index contributed by atoms with van der Waals surface area (Å²) in [5, 5.41) is 23.9. The van der Waals surface area contributed by atoms with Crippen LogP contribution in [0.2, 0.25) is 0 Å². The van der Waals surface area contributed by atoms with Gasteiger partial charge in [-0.25, -0.2) is 0 Å². The third-order valence-corrected chi connectivity index (χ3v) is 4.67. The highest BCUT2D eigenvalue weighted by Gasteiger charge is 2.18. The van der Waals surface area contributed by atoms with Crippen molar-refractivity contribution in [3.8, 4) is 16.8 Å². The fourth-order valence-corrected chi connectivity index (χ4v) is 2.87. The summed E-state index contributed by atoms with van der Waals surface area (Å²) in [5.41, 5.74) is 4.07. The van der Waals surface area contributed by atoms with Crippen LogP contribution in [0.3, 0.4) is 0 Å². The monoisotopic (exact) mass is 395 g/mol. The van der Waals surface area contributed by atoms with E-state index in [1.54, 1.807) is 24.8 Å². The number of aliphatic hydroxyl groups excluding tert-OH is 1. The van der Waals surface area contributed by atoms with Gasteiger partial charge in [-0.2, -0.15) is 4.68 Å². The van der Waals surface area contributed by atoms with Crippen LogP contribution in [0.4, 0.5) is 0 Å². The molecule has 0 bridgehead atoms. The maximum absolute atomic E-state index is 12.7. The zero-order valence-electron chi connectivity index (χ0n) is 17.0. The number of aliphatic hydroxyl groups is 1. The molecular formula is C21H25N5O3. The number of carbonyl (C=O) groups excluding carboxylic acids is 1. The van der Waals surface area contributed by atoms with E-state index < -0.39 is 0 Å². The summed E-state index contributed by atoms with van der Waals surface area (Å²) in [5.74, 6) is 0.250. The Bertz CT molecular complexity index is 984. The molecule has 8 heteroatoms. The van der Waals surface area contributed by atoms with Gasteiger partial charge in [0.15, 0.2) is 5.82 Å². The van der Waals surface area contributed by atoms with Crippen molar-refractivity contribution < 1.29 is 14.6 Å². The van der Waals surface area contributed by atoms with E-state index in [-0.39, 0.29) is 24.7 Å². The molecule has 8 nitrogen and oxygen atoms in total. The molecular weight excluding hydrogens is 370 g/mol. The number of nitrogens with one attached hydrogen (secondary N) is 1. The molecule has 3 rings (SSSR count). The highest BCUT2D eigenvalue weighted by atomic mass is 16.5. The normalized spacial score (nSPS) is 13.1. The fourth-order valence-electron chi connectivity index (χ4n) is 2.87. The molecule has 0 saturated carbocycles. The summed E-state index contributed by atoms with van der Waals surface area (Å²) < 4.78 is 6.93. The van der Waals surface area contributed by atoms with Crippen LogP contribution in [0.1, 0.15) is 41.7 Å². The van der Waals surface area contributed by atoms with Crippen molar-refractivity contribution in [2.75, 3.05) is 13.7 Å². The lowest BCUT2D eigenvalue weighted by Crippen LogP contribution is -2.35. The maximum atomic E-state index is 12.7. The first kappa shape index (κ1) is 20.6. The first-order valence-corrected chi connectivity index (χ1v) is 9.38. The van der Waals surface area contributed by atoms with E-state index in [0.29, 0.717) is 17.1 Å². The van der Waals surface area contributed by atoms with Crippen LogP contribution in [0, 0.1) is 6.92 Å². The number of tetrazole rings is 1. The van der Waals surface area contributed by atoms with Gasteiger partial charge in [-0.05, 0) is 60.5 Å². The lowest BCUT2D eigenvalue weighted by molar-refractivity contribution is 0.0922. The van der Waals surface area contributed by atoms with Crippen LogP contribution in [0.15, 0.2) is 42.5 Å². The number of carbonyl (C=O) groups is 1. The van der Waals surface area contributed by atoms with Crippen LogP contribution < -0.4 is 5.32 Å². The van der Waals surface area contributed by atoms with Crippen LogP contribution in [-0.2, 0) is 4.74 Å². The van der Waals surface area contributed by atoms with E-state index in [2.05, 4.69) is 20.8 Å². The molecule has 2 N–H and O–H groups in total. The summed E-state index contributed by atoms with van der Waals surface area (Å²) in [4.78, 5) is 12.7. The van der Waals surface area contributed by atoms with Crippen molar-refractivity contribution in [1.82, 2.24) is 25.5 Å². The summed E-state index contributed by atoms with van der Waals surface area (Å²) in [6, 6.07) is 13.2. The molecule has 0 saturated heterocycles. The molecule has 152 valence electrons. The molecule has 3 aromatic rings. The van der Waals surface area contributed by atoms with Gasteiger partial charge < -0.3 is 15.2 Å². The van der Waals surface area contributed by atoms with Crippen LogP contribution in [0.25, 0.3) is 16.8 Å². The Morgan fingerprint density at radius 3 is 2.55 bits per heavy atom. The van der Waals surface area contributed by atoms with Crippen LogP contribution >= 0.6 is 0 Å². The Labute approximate surface area is 169 Å². The Hall–Kier alpha value is -3.10. The van der Waals surface area contributed by atoms with Crippen molar-refractivity contribution in [2.45, 2.75) is 32.9 Å². The Morgan fingerprint density at radius 1 is 1.17 bits per heavy atom. The summed E-state index contributed by atoms with van der Waals surface area (Å²) in [7, 11) is 1.58. The highest BCUT2D eigenvalue weighted by Crippen LogP contribution is 2.26. The average molecular weight is 395 g/mol. The van der Waals surface area contributed by atoms with Gasteiger partial charge in [0.05, 0.1) is 12.3 Å². The minimum Gasteiger partial charge on any atom is -0.394 e. The highest BCUT2D eigenvalue weighted by molar-refractivity contribution is 5.96. The molecule has 2 atom stereocenters. The second kappa shape index (κ2) is 8.93. The van der Waals surface area contributed by atoms with Gasteiger partial charge >= 0.3 is 0 Å². The second-order valence-corrected chi connectivity index (χ2v) is 7.02. The van der Waals surface area contributed by atoms with E-state index in [1.807, 2.05) is 50.2 Å². The van der Waals surface area contributed by atoms with Crippen molar-refractivity contribution in [2.24, 2.45) is 0 Å². The third kappa shape index (κ3) is 4.67. The van der Waals surface area contributed by atoms with Gasteiger partial charge in [-0.1, -0.05) is 29.8 Å². The molecule has 0 radical (unpaired) electrons. The van der Waals surface area contributed by atoms with Gasteiger partial charge in [-0.15, -0.1) is 5.10 Å². The minimum absolute atomic E-state index is 0.140. The van der Waals surface area contributed by atoms with Gasteiger partial charge in [0, 0.05) is 18.7 Å². The number of hydrogen-bond acceptors (Lipinski definition) is 6. The van der Waals surface area contributed by atoms with Gasteiger partial charge in [0.25, 0.3) is 5.91 Å². The van der Waals surface area contributed by atoms with Crippen molar-refractivity contribution in [3.63, 3.8) is 0 Å². The molecule has 0 fully saturated rings. The molecule has 0 aliphatic heterocycles. The zero-order valence-corrected chi connectivity index (χ0v) is 17.0. The van der Waals surface area contributed by atoms with E-state index in [9.17, 15) is 9.90 Å². The fraction of sp³-hybridized carbons (Fsp3) is 0.333. The SMILES string of the molecule is CO[C@@H](C)c1nnnn1-c1cc(C(=O)NC(C)CO)cc(-c2ccc(C)cc2)c1. The molecule has 1 heterocycles. The summed E-state index contributed by atoms with van der Waals surface area (Å²) in [6.07, 6.45) is -0.320. The topological polar surface area (TPSA) is 102 Å². The first-order valence-electron chi connectivity index (χ1n) is 9.38. The summed E-state index contributed by atoms with van der Waals surface area (Å²) >= 11 is 0. The van der Waals surface area contributed by atoms with Crippen LogP contribution in [0.5, 0.6) is 0 Å². The minimum atomic E-state index is -0.355. The molecule has 29 heavy (non-hydrogen) atoms. The van der Waals surface area contributed by atoms with Crippen LogP contribution in [-0.4, -0.2) is 51.0 Å². The number of aromatic nitrogens is 4. The number of hydrogen-bond donors (Lipinski definition) is 2. The van der Waals surface area contributed by atoms with Crippen molar-refractivity contribution >= 4 is 5.91 Å². The van der Waals surface area contributed by atoms with E-state index >= 15 is 0 Å². The second-order valence-electron chi connectivity index (χ2n) is 7.02. The largest absolute Gasteiger partial charge is 0.394 e. The Kier molecular flexibility index (Phi) is 6.36. The Morgan fingerprint density at radius 2 is 1.90 bits per heavy atom. The molecule has 2 aromatic carbocycles. The molecule has 1 unspecified atom stereocenters. The first-order chi connectivity index (χ1) is 13.9. The smallest absolute Gasteiger partial charge is 0.251 e. The average Bonchev–Trinajstić information content (AvgIpc) is 3.23. The number of nitrogens with zero attached hydrogens (tertiary/aromatic N) is 4. The number of rotatable bonds is 7. The molecule has 1 amide bonds. The Balaban J connectivity index is 2.12. The van der Waals surface area contributed by atoms with E-state index in [4.69, 9.17) is 4.74 Å². The summed E-state index contributed by atoms with van der Waals surface area (Å²) in [6.45, 7) is 5.47. The lowest BCUT2D eigenvalue weighted by Gasteiger charge is -2.15. The third-order valence-electron chi connectivity index (χ3n) is 4.67. The standard InChI is InChI=1S/C21H25N5O3/c1-13-5-7-16(8-6-13)17-9-18(21(28)22-14(2)12-27)11-19(10-17)26-20(15(3)29-4)23-24-25-26/h5-11,14-15,27H,12H2,1-4H3,(H,22,28)/t14?,15-/m0/s1.